The minimum absolute atomic E-state index is 0.602. The van der Waals surface area contributed by atoms with Gasteiger partial charge in [-0.3, -0.25) is 0 Å². The maximum absolute atomic E-state index is 10.5. The summed E-state index contributed by atoms with van der Waals surface area (Å²) in [4.78, 5) is 8.89. The maximum atomic E-state index is 10.5. The molecule has 2 aliphatic heterocycles. The van der Waals surface area contributed by atoms with Crippen LogP contribution < -0.4 is 5.11 Å². The summed E-state index contributed by atoms with van der Waals surface area (Å²) in [7, 11) is 0. The Morgan fingerprint density at radius 1 is 1.17 bits per heavy atom. The van der Waals surface area contributed by atoms with E-state index in [1.807, 2.05) is 53.2 Å². The molecule has 116 valence electrons. The third kappa shape index (κ3) is 2.91. The standard InChI is InChI=1S/C16H13N2O.C2H4O2/c19-16-14-10-12-8-4-5-9-13(12)18(14)17-15(16)11-6-2-1-3-7-11;1-2(3)4/h1-9,16,19H,10H2;1H3,(H,3,4)/q+1;/p-1. The van der Waals surface area contributed by atoms with Crippen molar-refractivity contribution < 1.29 is 19.7 Å². The van der Waals surface area contributed by atoms with E-state index in [0.717, 1.165) is 36.0 Å². The average Bonchev–Trinajstić information content (AvgIpc) is 3.05. The summed E-state index contributed by atoms with van der Waals surface area (Å²) in [5.41, 5.74) is 4.99. The van der Waals surface area contributed by atoms with Gasteiger partial charge < -0.3 is 15.0 Å². The number of hydrogen-bond acceptors (Lipinski definition) is 4. The Kier molecular flexibility index (Phi) is 4.04. The van der Waals surface area contributed by atoms with Gasteiger partial charge in [0.15, 0.2) is 11.8 Å². The van der Waals surface area contributed by atoms with E-state index in [2.05, 4.69) is 11.2 Å². The lowest BCUT2D eigenvalue weighted by Gasteiger charge is -2.03. The lowest BCUT2D eigenvalue weighted by atomic mass is 9.99. The number of aliphatic hydroxyl groups is 1. The fourth-order valence-electron chi connectivity index (χ4n) is 2.77. The van der Waals surface area contributed by atoms with Gasteiger partial charge in [-0.15, -0.1) is 0 Å². The second-order valence-electron chi connectivity index (χ2n) is 5.35. The molecule has 2 aromatic carbocycles. The van der Waals surface area contributed by atoms with Gasteiger partial charge in [0, 0.05) is 28.3 Å². The third-order valence-electron chi connectivity index (χ3n) is 3.72. The van der Waals surface area contributed by atoms with Gasteiger partial charge in [0.1, 0.15) is 0 Å². The van der Waals surface area contributed by atoms with Crippen LogP contribution in [0.25, 0.3) is 0 Å². The molecule has 23 heavy (non-hydrogen) atoms. The fourth-order valence-corrected chi connectivity index (χ4v) is 2.77. The van der Waals surface area contributed by atoms with Crippen molar-refractivity contribution in [3.05, 3.63) is 65.7 Å². The number of hydrazone groups is 1. The van der Waals surface area contributed by atoms with E-state index in [1.165, 1.54) is 5.56 Å². The maximum Gasteiger partial charge on any atom is 0.241 e. The molecule has 0 amide bonds. The number of rotatable bonds is 1. The van der Waals surface area contributed by atoms with Crippen LogP contribution in [-0.2, 0) is 11.2 Å². The molecule has 2 aromatic rings. The topological polar surface area (TPSA) is 75.7 Å². The first-order valence-corrected chi connectivity index (χ1v) is 7.31. The Hall–Kier alpha value is -2.79. The first-order valence-electron chi connectivity index (χ1n) is 7.31. The summed E-state index contributed by atoms with van der Waals surface area (Å²) in [5.74, 6) is -1.08. The summed E-state index contributed by atoms with van der Waals surface area (Å²) in [6.07, 6.45) is 0.173. The lowest BCUT2D eigenvalue weighted by Crippen LogP contribution is -2.28. The molecule has 1 N–H and O–H groups in total. The number of aliphatic hydroxyl groups excluding tert-OH is 1. The summed E-state index contributed by atoms with van der Waals surface area (Å²) in [6.45, 7) is 0.972. The number of carbonyl (C=O) groups excluding carboxylic acids is 1. The highest BCUT2D eigenvalue weighted by atomic mass is 16.4. The minimum Gasteiger partial charge on any atom is -0.550 e. The Balaban J connectivity index is 0.000000354. The van der Waals surface area contributed by atoms with E-state index < -0.39 is 12.1 Å². The van der Waals surface area contributed by atoms with Crippen LogP contribution in [0.1, 0.15) is 18.1 Å². The van der Waals surface area contributed by atoms with Crippen molar-refractivity contribution in [2.45, 2.75) is 19.4 Å². The second-order valence-corrected chi connectivity index (χ2v) is 5.35. The number of carboxylic acid groups (broad SMARTS) is 1. The molecule has 4 rings (SSSR count). The first kappa shape index (κ1) is 15.1. The molecule has 2 aliphatic rings. The molecule has 0 fully saturated rings. The second kappa shape index (κ2) is 6.14. The van der Waals surface area contributed by atoms with Gasteiger partial charge in [0.05, 0.1) is 6.42 Å². The van der Waals surface area contributed by atoms with Crippen molar-refractivity contribution in [1.29, 1.82) is 0 Å². The van der Waals surface area contributed by atoms with Crippen LogP contribution in [0.3, 0.4) is 0 Å². The van der Waals surface area contributed by atoms with Crippen molar-refractivity contribution in [3.63, 3.8) is 0 Å². The zero-order valence-corrected chi connectivity index (χ0v) is 12.6. The van der Waals surface area contributed by atoms with Crippen LogP contribution in [0, 0.1) is 0 Å². The largest absolute Gasteiger partial charge is 0.550 e. The molecule has 2 heterocycles. The number of para-hydroxylation sites is 1. The highest BCUT2D eigenvalue weighted by Gasteiger charge is 2.43. The van der Waals surface area contributed by atoms with E-state index >= 15 is 0 Å². The van der Waals surface area contributed by atoms with Gasteiger partial charge in [-0.2, -0.15) is 0 Å². The summed E-state index contributed by atoms with van der Waals surface area (Å²) in [5, 5.41) is 24.0. The molecule has 0 bridgehead atoms. The predicted octanol–water partition coefficient (Wildman–Crippen LogP) is 0.863. The van der Waals surface area contributed by atoms with Crippen molar-refractivity contribution in [1.82, 2.24) is 0 Å². The highest BCUT2D eigenvalue weighted by molar-refractivity contribution is 6.18. The molecular weight excluding hydrogens is 292 g/mol. The number of carbonyl (C=O) groups is 1. The van der Waals surface area contributed by atoms with Gasteiger partial charge in [-0.05, 0) is 11.6 Å². The molecule has 0 saturated heterocycles. The molecule has 1 atom stereocenters. The number of carboxylic acids is 1. The smallest absolute Gasteiger partial charge is 0.241 e. The quantitative estimate of drug-likeness (QED) is 0.794. The monoisotopic (exact) mass is 308 g/mol. The fraction of sp³-hybridized carbons (Fsp3) is 0.167. The van der Waals surface area contributed by atoms with E-state index in [-0.39, 0.29) is 0 Å². The molecule has 0 saturated carbocycles. The normalized spacial score (nSPS) is 17.8. The van der Waals surface area contributed by atoms with Gasteiger partial charge in [-0.25, -0.2) is 0 Å². The molecule has 5 heteroatoms. The van der Waals surface area contributed by atoms with Crippen LogP contribution in [0.4, 0.5) is 5.69 Å². The van der Waals surface area contributed by atoms with Crippen LogP contribution in [0.2, 0.25) is 0 Å². The van der Waals surface area contributed by atoms with Crippen molar-refractivity contribution in [2.75, 3.05) is 0 Å². The molecule has 0 radical (unpaired) electrons. The van der Waals surface area contributed by atoms with Crippen molar-refractivity contribution >= 4 is 23.1 Å². The predicted molar refractivity (Wildman–Crippen MR) is 84.7 cm³/mol. The van der Waals surface area contributed by atoms with Gasteiger partial charge >= 0.3 is 0 Å². The van der Waals surface area contributed by atoms with Crippen LogP contribution >= 0.6 is 0 Å². The Morgan fingerprint density at radius 3 is 2.48 bits per heavy atom. The van der Waals surface area contributed by atoms with Gasteiger partial charge in [0.25, 0.3) is 0 Å². The first-order chi connectivity index (χ1) is 11.1. The third-order valence-corrected chi connectivity index (χ3v) is 3.72. The molecule has 0 spiro atoms. The zero-order valence-electron chi connectivity index (χ0n) is 12.6. The molecule has 5 nitrogen and oxygen atoms in total. The molecule has 0 aromatic heterocycles. The number of fused-ring (bicyclic) bond motifs is 2. The van der Waals surface area contributed by atoms with E-state index in [1.54, 1.807) is 0 Å². The molecule has 0 aliphatic carbocycles. The van der Waals surface area contributed by atoms with E-state index in [9.17, 15) is 5.11 Å². The molecule has 1 unspecified atom stereocenters. The van der Waals surface area contributed by atoms with Crippen molar-refractivity contribution in [2.24, 2.45) is 5.10 Å². The Labute approximate surface area is 133 Å². The number of benzene rings is 2. The SMILES string of the molecule is CC(=O)[O-].OC1C(c2ccccc2)=N[N+]2=C1Cc1ccccc12. The summed E-state index contributed by atoms with van der Waals surface area (Å²) < 4.78 is 1.89. The van der Waals surface area contributed by atoms with Crippen LogP contribution in [-0.4, -0.2) is 33.3 Å². The van der Waals surface area contributed by atoms with Crippen molar-refractivity contribution in [3.8, 4) is 0 Å². The van der Waals surface area contributed by atoms with E-state index in [4.69, 9.17) is 9.90 Å². The Bertz CT molecular complexity index is 806. The zero-order chi connectivity index (χ0) is 16.4. The average molecular weight is 308 g/mol. The number of hydrogen-bond donors (Lipinski definition) is 1. The Morgan fingerprint density at radius 2 is 1.78 bits per heavy atom. The lowest BCUT2D eigenvalue weighted by molar-refractivity contribution is -0.439. The number of nitrogens with zero attached hydrogens (tertiary/aromatic N) is 2. The van der Waals surface area contributed by atoms with E-state index in [0.29, 0.717) is 0 Å². The minimum atomic E-state index is -1.08. The van der Waals surface area contributed by atoms with Crippen LogP contribution in [0.5, 0.6) is 0 Å². The van der Waals surface area contributed by atoms with Gasteiger partial charge in [-0.1, -0.05) is 48.5 Å². The number of aliphatic carboxylic acids is 1. The van der Waals surface area contributed by atoms with Gasteiger partial charge in [0.2, 0.25) is 11.4 Å². The summed E-state index contributed by atoms with van der Waals surface area (Å²) in [6, 6.07) is 18.0. The summed E-state index contributed by atoms with van der Waals surface area (Å²) >= 11 is 0. The molecular formula is C18H16N2O3. The van der Waals surface area contributed by atoms with Crippen LogP contribution in [0.15, 0.2) is 59.7 Å². The highest BCUT2D eigenvalue weighted by Crippen LogP contribution is 2.31.